The Labute approximate surface area is 136 Å². The van der Waals surface area contributed by atoms with Gasteiger partial charge >= 0.3 is 0 Å². The van der Waals surface area contributed by atoms with E-state index < -0.39 is 6.10 Å². The number of fused-ring (bicyclic) bond motifs is 3. The first-order chi connectivity index (χ1) is 11.2. The summed E-state index contributed by atoms with van der Waals surface area (Å²) in [7, 11) is 0.165. The fourth-order valence-corrected chi connectivity index (χ4v) is 3.91. The molecule has 23 heavy (non-hydrogen) atoms. The molecule has 2 unspecified atom stereocenters. The number of hydrogen-bond acceptors (Lipinski definition) is 3. The van der Waals surface area contributed by atoms with E-state index in [2.05, 4.69) is 6.07 Å². The zero-order valence-electron chi connectivity index (χ0n) is 12.2. The molecule has 2 atom stereocenters. The van der Waals surface area contributed by atoms with Gasteiger partial charge in [-0.05, 0) is 34.9 Å². The molecule has 3 nitrogen and oxygen atoms in total. The number of phenols is 1. The normalized spacial score (nSPS) is 14.7. The Bertz CT molecular complexity index is 859. The van der Waals surface area contributed by atoms with E-state index in [-0.39, 0.29) is 14.6 Å². The predicted molar refractivity (Wildman–Crippen MR) is 92.6 cm³/mol. The van der Waals surface area contributed by atoms with Crippen LogP contribution in [0.1, 0.15) is 17.2 Å². The molecule has 114 valence electrons. The summed E-state index contributed by atoms with van der Waals surface area (Å²) >= 11 is 0. The molecule has 3 aromatic carbocycles. The van der Waals surface area contributed by atoms with E-state index in [4.69, 9.17) is 4.52 Å². The average Bonchev–Trinajstić information content (AvgIpc) is 2.61. The summed E-state index contributed by atoms with van der Waals surface area (Å²) in [5, 5.41) is 21.2. The summed E-state index contributed by atoms with van der Waals surface area (Å²) in [6, 6.07) is 20.6. The van der Waals surface area contributed by atoms with Gasteiger partial charge in [0.1, 0.15) is 26.4 Å². The third kappa shape index (κ3) is 2.48. The van der Waals surface area contributed by atoms with E-state index in [1.54, 1.807) is 24.3 Å². The maximum absolute atomic E-state index is 10.8. The summed E-state index contributed by atoms with van der Waals surface area (Å²) in [4.78, 5) is 0. The van der Waals surface area contributed by atoms with Gasteiger partial charge in [0.15, 0.2) is 0 Å². The van der Waals surface area contributed by atoms with Gasteiger partial charge in [-0.15, -0.1) is 0 Å². The van der Waals surface area contributed by atoms with Gasteiger partial charge in [0.25, 0.3) is 0 Å². The molecule has 4 rings (SSSR count). The Morgan fingerprint density at radius 1 is 0.826 bits per heavy atom. The van der Waals surface area contributed by atoms with Crippen LogP contribution in [0.15, 0.2) is 66.7 Å². The molecule has 1 heterocycles. The number of phenolic OH excluding ortho intramolecular Hbond substituents is 1. The molecule has 0 saturated carbocycles. The lowest BCUT2D eigenvalue weighted by Crippen LogP contribution is -2.17. The number of aliphatic hydroxyl groups excluding tert-OH is 1. The van der Waals surface area contributed by atoms with Gasteiger partial charge in [-0.25, -0.2) is 0 Å². The first-order valence-corrected chi connectivity index (χ1v) is 8.27. The van der Waals surface area contributed by atoms with E-state index in [0.29, 0.717) is 0 Å². The number of hydrogen-bond donors (Lipinski definition) is 2. The van der Waals surface area contributed by atoms with Crippen LogP contribution >= 0.6 is 8.81 Å². The summed E-state index contributed by atoms with van der Waals surface area (Å²) in [5.41, 5.74) is 3.77. The van der Waals surface area contributed by atoms with E-state index in [0.717, 1.165) is 33.3 Å². The zero-order chi connectivity index (χ0) is 15.8. The lowest BCUT2D eigenvalue weighted by molar-refractivity contribution is 0.221. The topological polar surface area (TPSA) is 49.7 Å². The smallest absolute Gasteiger partial charge is 0.131 e. The highest BCUT2D eigenvalue weighted by atomic mass is 31.1. The lowest BCUT2D eigenvalue weighted by atomic mass is 9.96. The quantitative estimate of drug-likeness (QED) is 0.707. The molecule has 1 aliphatic heterocycles. The van der Waals surface area contributed by atoms with Gasteiger partial charge in [-0.2, -0.15) is 0 Å². The summed E-state index contributed by atoms with van der Waals surface area (Å²) < 4.78 is 5.87. The molecule has 0 amide bonds. The number of aromatic hydroxyl groups is 1. The van der Waals surface area contributed by atoms with Crippen molar-refractivity contribution < 1.29 is 14.7 Å². The van der Waals surface area contributed by atoms with Crippen molar-refractivity contribution in [2.45, 2.75) is 6.10 Å². The van der Waals surface area contributed by atoms with E-state index in [1.807, 2.05) is 36.4 Å². The largest absolute Gasteiger partial charge is 0.508 e. The van der Waals surface area contributed by atoms with Crippen molar-refractivity contribution in [2.24, 2.45) is 0 Å². The van der Waals surface area contributed by atoms with Crippen molar-refractivity contribution >= 4 is 14.1 Å². The Morgan fingerprint density at radius 2 is 1.57 bits per heavy atom. The van der Waals surface area contributed by atoms with Crippen LogP contribution in [0.25, 0.3) is 11.1 Å². The highest BCUT2D eigenvalue weighted by molar-refractivity contribution is 7.43. The van der Waals surface area contributed by atoms with Crippen molar-refractivity contribution in [1.82, 2.24) is 0 Å². The molecule has 0 saturated heterocycles. The molecule has 0 aliphatic carbocycles. The van der Waals surface area contributed by atoms with Crippen molar-refractivity contribution in [3.63, 3.8) is 0 Å². The molecule has 1 aliphatic rings. The monoisotopic (exact) mass is 322 g/mol. The molecule has 0 radical (unpaired) electrons. The number of aliphatic hydroxyl groups is 1. The number of benzene rings is 3. The third-order valence-corrected chi connectivity index (χ3v) is 5.12. The summed E-state index contributed by atoms with van der Waals surface area (Å²) in [5.74, 6) is 1.07. The fourth-order valence-electron chi connectivity index (χ4n) is 2.86. The zero-order valence-corrected chi connectivity index (χ0v) is 13.2. The Hall–Kier alpha value is -2.35. The Balaban J connectivity index is 1.82. The Kier molecular flexibility index (Phi) is 3.53. The van der Waals surface area contributed by atoms with Crippen molar-refractivity contribution in [1.29, 1.82) is 0 Å². The molecule has 0 aromatic heterocycles. The molecule has 0 fully saturated rings. The standard InChI is InChI=1S/C19H15O3P/c20-13-10-8-12(9-11-13)18(21)16-6-3-5-15-14-4-1-2-7-17(14)22-23-19(15)16/h1-11,18,20-21,23H. The SMILES string of the molecule is Oc1ccc(C(O)c2cccc3c2POc2ccccc2-3)cc1. The van der Waals surface area contributed by atoms with Crippen LogP contribution in [-0.2, 0) is 0 Å². The molecular formula is C19H15O3P. The van der Waals surface area contributed by atoms with Gasteiger partial charge in [-0.3, -0.25) is 0 Å². The minimum atomic E-state index is -0.744. The second-order valence-corrected chi connectivity index (χ2v) is 6.37. The molecule has 0 spiro atoms. The van der Waals surface area contributed by atoms with Crippen molar-refractivity contribution in [2.75, 3.05) is 0 Å². The maximum atomic E-state index is 10.8. The predicted octanol–water partition coefficient (Wildman–Crippen LogP) is 3.75. The highest BCUT2D eigenvalue weighted by Gasteiger charge is 2.23. The average molecular weight is 322 g/mol. The summed E-state index contributed by atoms with van der Waals surface area (Å²) in [6.07, 6.45) is -0.744. The van der Waals surface area contributed by atoms with Gasteiger partial charge in [0.05, 0.1) is 0 Å². The molecule has 3 aromatic rings. The highest BCUT2D eigenvalue weighted by Crippen LogP contribution is 2.41. The van der Waals surface area contributed by atoms with Crippen LogP contribution in [0.5, 0.6) is 11.5 Å². The molecule has 2 N–H and O–H groups in total. The van der Waals surface area contributed by atoms with E-state index >= 15 is 0 Å². The number of rotatable bonds is 2. The van der Waals surface area contributed by atoms with Gasteiger partial charge in [0.2, 0.25) is 0 Å². The minimum absolute atomic E-state index is 0.165. The van der Waals surface area contributed by atoms with E-state index in [9.17, 15) is 10.2 Å². The van der Waals surface area contributed by atoms with Crippen LogP contribution in [0.3, 0.4) is 0 Å². The second-order valence-electron chi connectivity index (χ2n) is 5.46. The fraction of sp³-hybridized carbons (Fsp3) is 0.0526. The second kappa shape index (κ2) is 5.69. The summed E-state index contributed by atoms with van der Waals surface area (Å²) in [6.45, 7) is 0. The third-order valence-electron chi connectivity index (χ3n) is 4.04. The molecular weight excluding hydrogens is 307 g/mol. The maximum Gasteiger partial charge on any atom is 0.131 e. The van der Waals surface area contributed by atoms with Gasteiger partial charge < -0.3 is 14.7 Å². The first-order valence-electron chi connectivity index (χ1n) is 7.36. The van der Waals surface area contributed by atoms with Gasteiger partial charge in [-0.1, -0.05) is 48.5 Å². The lowest BCUT2D eigenvalue weighted by Gasteiger charge is -2.24. The van der Waals surface area contributed by atoms with Crippen molar-refractivity contribution in [3.05, 3.63) is 77.9 Å². The van der Waals surface area contributed by atoms with Crippen LogP contribution in [0, 0.1) is 0 Å². The first kappa shape index (κ1) is 14.3. The van der Waals surface area contributed by atoms with E-state index in [1.165, 1.54) is 0 Å². The van der Waals surface area contributed by atoms with Crippen LogP contribution < -0.4 is 9.83 Å². The van der Waals surface area contributed by atoms with Crippen LogP contribution in [-0.4, -0.2) is 10.2 Å². The van der Waals surface area contributed by atoms with Crippen LogP contribution in [0.2, 0.25) is 0 Å². The Morgan fingerprint density at radius 3 is 2.39 bits per heavy atom. The van der Waals surface area contributed by atoms with Gasteiger partial charge in [0, 0.05) is 10.9 Å². The van der Waals surface area contributed by atoms with Crippen LogP contribution in [0.4, 0.5) is 0 Å². The van der Waals surface area contributed by atoms with Crippen molar-refractivity contribution in [3.8, 4) is 22.6 Å². The molecule has 4 heteroatoms. The minimum Gasteiger partial charge on any atom is -0.508 e. The number of para-hydroxylation sites is 1. The molecule has 0 bridgehead atoms.